The number of fused-ring (bicyclic) bond motifs is 3. The molecule has 0 aromatic heterocycles. The van der Waals surface area contributed by atoms with E-state index in [9.17, 15) is 43.8 Å². The van der Waals surface area contributed by atoms with E-state index >= 15 is 0 Å². The van der Waals surface area contributed by atoms with Crippen molar-refractivity contribution >= 4 is 46.9 Å². The number of benzene rings is 1. The Labute approximate surface area is 527 Å². The van der Waals surface area contributed by atoms with Crippen LogP contribution in [0.1, 0.15) is 136 Å². The first-order valence-corrected chi connectivity index (χ1v) is 32.2. The number of Topliss-reactive ketones (excluding diaryl/α,β-unsaturated/α-hetero) is 3. The van der Waals surface area contributed by atoms with E-state index in [1.54, 1.807) is 65.2 Å². The first kappa shape index (κ1) is 72.4. The number of nitrogens with one attached hydrogen (secondary N) is 1. The number of esters is 1. The number of piperazine rings is 1. The van der Waals surface area contributed by atoms with Gasteiger partial charge in [-0.15, -0.1) is 0 Å². The first-order valence-electron chi connectivity index (χ1n) is 32.2. The number of hydrogen-bond acceptors (Lipinski definition) is 18. The van der Waals surface area contributed by atoms with Crippen LogP contribution < -0.4 is 10.2 Å². The average molecular weight is 1250 g/mol. The van der Waals surface area contributed by atoms with E-state index in [2.05, 4.69) is 10.2 Å². The van der Waals surface area contributed by atoms with Crippen molar-refractivity contribution in [3.63, 3.8) is 0 Å². The molecule has 3 saturated heterocycles. The quantitative estimate of drug-likeness (QED) is 0.0663. The monoisotopic (exact) mass is 1250 g/mol. The highest BCUT2D eigenvalue weighted by atomic mass is 16.6. The molecule has 0 unspecified atom stereocenters. The minimum absolute atomic E-state index is 0.00238. The molecule has 1 saturated carbocycles. The van der Waals surface area contributed by atoms with Crippen LogP contribution in [-0.4, -0.2) is 203 Å². The Morgan fingerprint density at radius 3 is 2.20 bits per heavy atom. The number of carbonyl (C=O) groups is 7. The van der Waals surface area contributed by atoms with Gasteiger partial charge in [0.25, 0.3) is 17.6 Å². The maximum Gasteiger partial charge on any atom is 0.410 e. The fourth-order valence-corrected chi connectivity index (χ4v) is 13.0. The Morgan fingerprint density at radius 2 is 1.52 bits per heavy atom. The molecule has 6 rings (SSSR count). The van der Waals surface area contributed by atoms with E-state index in [1.165, 1.54) is 12.0 Å². The van der Waals surface area contributed by atoms with Crippen molar-refractivity contribution in [2.45, 2.75) is 180 Å². The maximum atomic E-state index is 14.7. The molecular formula is C68H102N4O17. The fraction of sp³-hybridized carbons (Fsp3) is 0.691. The summed E-state index contributed by atoms with van der Waals surface area (Å²) in [6.45, 7) is 16.3. The fourth-order valence-electron chi connectivity index (χ4n) is 13.0. The molecule has 15 atom stereocenters. The average Bonchev–Trinajstić information content (AvgIpc) is 1.01. The standard InChI is InChI=1S/C68H102N4O17/c1-43-17-13-12-14-18-44(2)57(83-9)41-53-26-20-49(7)68(81,89-53)63(76)65(78)72-29-16-15-19-54(72)66(79)87-58(42-55(73)45(3)38-48(6)61(75)62(85-11)60(74)47(5)37-43)46(4)39-50-21-27-56(59(40-50)84-10)88-67(80)71-32-30-70(31-33-71)52-24-22-51(23-25-52)64(77)69-28-34-86-36-35-82-8/h12-14,17-18,22-25,38,43,45-47,49-50,53-54,56-59,61-62,75,81H,15-16,19-21,26-37,39-42H2,1-11H3,(H,69,77)/b14-12+,17-13+,44-18+,48-38+/t43-,45-,46-,47-,49-,50+,53+,54+,56-,57+,58+,59-,61-,62+,68-/m1/s1. The largest absolute Gasteiger partial charge is 0.460 e. The zero-order chi connectivity index (χ0) is 65.0. The molecule has 1 aromatic carbocycles. The van der Waals surface area contributed by atoms with E-state index < -0.39 is 102 Å². The van der Waals surface area contributed by atoms with Crippen LogP contribution in [0.3, 0.4) is 0 Å². The van der Waals surface area contributed by atoms with Gasteiger partial charge in [0.05, 0.1) is 38.1 Å². The number of aliphatic hydroxyl groups excluding tert-OH is 1. The minimum Gasteiger partial charge on any atom is -0.460 e. The number of ketones is 3. The van der Waals surface area contributed by atoms with Crippen molar-refractivity contribution in [3.8, 4) is 0 Å². The second-order valence-electron chi connectivity index (χ2n) is 25.3. The molecule has 5 aliphatic rings. The van der Waals surface area contributed by atoms with Gasteiger partial charge in [0, 0.05) is 110 Å². The van der Waals surface area contributed by atoms with Crippen LogP contribution in [0, 0.1) is 35.5 Å². The third kappa shape index (κ3) is 20.2. The molecule has 496 valence electrons. The van der Waals surface area contributed by atoms with Crippen LogP contribution in [0.2, 0.25) is 0 Å². The summed E-state index contributed by atoms with van der Waals surface area (Å²) in [4.78, 5) is 103. The lowest BCUT2D eigenvalue weighted by Crippen LogP contribution is -2.61. The molecule has 1 aromatic rings. The summed E-state index contributed by atoms with van der Waals surface area (Å²) >= 11 is 0. The number of nitrogens with zero attached hydrogens (tertiary/aromatic N) is 3. The van der Waals surface area contributed by atoms with Gasteiger partial charge in [0.1, 0.15) is 36.2 Å². The highest BCUT2D eigenvalue weighted by molar-refractivity contribution is 6.39. The Bertz CT molecular complexity index is 2630. The predicted octanol–water partition coefficient (Wildman–Crippen LogP) is 7.54. The maximum absolute atomic E-state index is 14.7. The number of methoxy groups -OCH3 is 4. The molecule has 3 amide bonds. The highest BCUT2D eigenvalue weighted by Crippen LogP contribution is 2.38. The van der Waals surface area contributed by atoms with Crippen LogP contribution in [-0.2, 0) is 61.9 Å². The Morgan fingerprint density at radius 1 is 0.787 bits per heavy atom. The van der Waals surface area contributed by atoms with Gasteiger partial charge in [-0.25, -0.2) is 9.59 Å². The second kappa shape index (κ2) is 35.2. The van der Waals surface area contributed by atoms with Crippen molar-refractivity contribution < 1.29 is 81.7 Å². The van der Waals surface area contributed by atoms with Gasteiger partial charge in [0.2, 0.25) is 5.79 Å². The topological polar surface area (TPSA) is 256 Å². The number of amides is 3. The summed E-state index contributed by atoms with van der Waals surface area (Å²) in [7, 11) is 6.13. The Kier molecular flexibility index (Phi) is 28.7. The molecule has 21 nitrogen and oxygen atoms in total. The number of carbonyl (C=O) groups excluding carboxylic acids is 7. The zero-order valence-corrected chi connectivity index (χ0v) is 54.6. The number of ether oxygens (including phenoxy) is 8. The third-order valence-electron chi connectivity index (χ3n) is 18.7. The molecule has 3 N–H and O–H groups in total. The number of hydrogen-bond donors (Lipinski definition) is 3. The molecule has 1 aliphatic carbocycles. The molecule has 4 fully saturated rings. The van der Waals surface area contributed by atoms with E-state index in [1.807, 2.05) is 70.2 Å². The van der Waals surface area contributed by atoms with Crippen molar-refractivity contribution in [2.75, 3.05) is 92.4 Å². The number of rotatable bonds is 15. The molecule has 89 heavy (non-hydrogen) atoms. The summed E-state index contributed by atoms with van der Waals surface area (Å²) in [6, 6.07) is 6.16. The van der Waals surface area contributed by atoms with Crippen molar-refractivity contribution in [1.82, 2.24) is 15.1 Å². The second-order valence-corrected chi connectivity index (χ2v) is 25.3. The van der Waals surface area contributed by atoms with E-state index in [4.69, 9.17) is 37.9 Å². The van der Waals surface area contributed by atoms with Crippen LogP contribution in [0.4, 0.5) is 10.5 Å². The van der Waals surface area contributed by atoms with Crippen LogP contribution in [0.25, 0.3) is 0 Å². The summed E-state index contributed by atoms with van der Waals surface area (Å²) in [6.07, 6.45) is 9.89. The van der Waals surface area contributed by atoms with E-state index in [0.29, 0.717) is 128 Å². The molecule has 21 heteroatoms. The summed E-state index contributed by atoms with van der Waals surface area (Å²) in [5.41, 5.74) is 2.69. The Balaban J connectivity index is 1.16. The number of allylic oxidation sites excluding steroid dienone is 6. The minimum atomic E-state index is -2.47. The van der Waals surface area contributed by atoms with E-state index in [-0.39, 0.29) is 48.7 Å². The highest BCUT2D eigenvalue weighted by Gasteiger charge is 2.53. The summed E-state index contributed by atoms with van der Waals surface area (Å²) in [5.74, 6) is -8.71. The molecule has 4 heterocycles. The Hall–Kier alpha value is -5.65. The van der Waals surface area contributed by atoms with Crippen LogP contribution in [0.5, 0.6) is 0 Å². The van der Waals surface area contributed by atoms with Crippen molar-refractivity contribution in [2.24, 2.45) is 35.5 Å². The molecule has 2 bridgehead atoms. The van der Waals surface area contributed by atoms with Crippen LogP contribution >= 0.6 is 0 Å². The van der Waals surface area contributed by atoms with Gasteiger partial charge in [-0.3, -0.25) is 24.0 Å². The van der Waals surface area contributed by atoms with Gasteiger partial charge < -0.3 is 68.1 Å². The molecule has 0 radical (unpaired) electrons. The molecule has 0 spiro atoms. The first-order chi connectivity index (χ1) is 42.5. The number of cyclic esters (lactones) is 1. The van der Waals surface area contributed by atoms with E-state index in [0.717, 1.165) is 11.3 Å². The number of anilines is 1. The lowest BCUT2D eigenvalue weighted by molar-refractivity contribution is -0.265. The number of aliphatic hydroxyl groups is 2. The van der Waals surface area contributed by atoms with Crippen molar-refractivity contribution in [1.29, 1.82) is 0 Å². The predicted molar refractivity (Wildman–Crippen MR) is 335 cm³/mol. The lowest BCUT2D eigenvalue weighted by atomic mass is 9.78. The summed E-state index contributed by atoms with van der Waals surface area (Å²) < 4.78 is 46.7. The van der Waals surface area contributed by atoms with Crippen LogP contribution in [0.15, 0.2) is 71.9 Å². The molecule has 4 aliphatic heterocycles. The smallest absolute Gasteiger partial charge is 0.410 e. The molecular weight excluding hydrogens is 1140 g/mol. The van der Waals surface area contributed by atoms with Gasteiger partial charge in [-0.2, -0.15) is 0 Å². The van der Waals surface area contributed by atoms with Gasteiger partial charge in [0.15, 0.2) is 5.78 Å². The number of piperidine rings is 1. The third-order valence-corrected chi connectivity index (χ3v) is 18.7. The zero-order valence-electron chi connectivity index (χ0n) is 54.6. The van der Waals surface area contributed by atoms with Gasteiger partial charge in [-0.1, -0.05) is 71.1 Å². The van der Waals surface area contributed by atoms with Gasteiger partial charge >= 0.3 is 12.1 Å². The normalized spacial score (nSPS) is 33.6. The lowest BCUT2D eigenvalue weighted by Gasteiger charge is -2.42. The summed E-state index contributed by atoms with van der Waals surface area (Å²) in [5, 5.41) is 26.6. The SMILES string of the molecule is COCCOCCNC(=O)c1ccc(N2CCN(C(=O)O[C@@H]3CC[C@@H](C[C@@H](C)[C@@H]4CC(=O)[C@H](C)/C=C(\C)[C@@H](O)[C@@H](OC)C(=O)[C@H](C)C[C@H](C)/C=C/C=C/C=C(\C)[C@@H](OC)C[C@@H]5CC[C@@H](C)[C@@](O)(O5)C(=O)C(=O)N5CCCC[C@H]5C(=O)O4)C[C@H]3OC)CC2)cc1. The van der Waals surface area contributed by atoms with Crippen molar-refractivity contribution in [3.05, 3.63) is 77.4 Å². The van der Waals surface area contributed by atoms with Gasteiger partial charge in [-0.05, 0) is 131 Å².